The van der Waals surface area contributed by atoms with Gasteiger partial charge in [0, 0.05) is 42.3 Å². The molecule has 20 heavy (non-hydrogen) atoms. The number of carbonyl (C=O) groups is 1. The van der Waals surface area contributed by atoms with Gasteiger partial charge >= 0.3 is 0 Å². The summed E-state index contributed by atoms with van der Waals surface area (Å²) in [7, 11) is 0. The van der Waals surface area contributed by atoms with Crippen molar-refractivity contribution in [3.8, 4) is 0 Å². The van der Waals surface area contributed by atoms with Crippen molar-refractivity contribution in [2.24, 2.45) is 0 Å². The van der Waals surface area contributed by atoms with E-state index < -0.39 is 0 Å². The number of hydrogen-bond donors (Lipinski definition) is 0. The van der Waals surface area contributed by atoms with Crippen molar-refractivity contribution in [1.29, 1.82) is 0 Å². The highest BCUT2D eigenvalue weighted by Gasteiger charge is 2.23. The molecule has 3 rings (SSSR count). The van der Waals surface area contributed by atoms with E-state index in [2.05, 4.69) is 9.88 Å². The molecule has 2 aromatic rings. The van der Waals surface area contributed by atoms with Crippen molar-refractivity contribution in [2.75, 3.05) is 31.1 Å². The van der Waals surface area contributed by atoms with Crippen molar-refractivity contribution >= 4 is 34.5 Å². The average Bonchev–Trinajstić information content (AvgIpc) is 3.02. The van der Waals surface area contributed by atoms with E-state index in [4.69, 9.17) is 11.6 Å². The predicted octanol–water partition coefficient (Wildman–Crippen LogP) is 2.76. The highest BCUT2D eigenvalue weighted by molar-refractivity contribution is 7.07. The molecule has 2 heterocycles. The molecule has 0 bridgehead atoms. The molecule has 1 saturated heterocycles. The summed E-state index contributed by atoms with van der Waals surface area (Å²) in [5.74, 6) is 0.0296. The van der Waals surface area contributed by atoms with Gasteiger partial charge in [-0.25, -0.2) is 4.98 Å². The molecule has 0 atom stereocenters. The molecule has 0 aliphatic carbocycles. The Balaban J connectivity index is 1.62. The Morgan fingerprint density at radius 1 is 1.15 bits per heavy atom. The zero-order valence-corrected chi connectivity index (χ0v) is 12.4. The monoisotopic (exact) mass is 307 g/mol. The lowest BCUT2D eigenvalue weighted by Crippen LogP contribution is -2.48. The molecule has 4 nitrogen and oxygen atoms in total. The molecule has 1 amide bonds. The fourth-order valence-electron chi connectivity index (χ4n) is 2.30. The summed E-state index contributed by atoms with van der Waals surface area (Å²) in [4.78, 5) is 20.4. The smallest absolute Gasteiger partial charge is 0.273 e. The van der Waals surface area contributed by atoms with Crippen LogP contribution in [0.25, 0.3) is 0 Å². The van der Waals surface area contributed by atoms with Crippen LogP contribution in [0.5, 0.6) is 0 Å². The summed E-state index contributed by atoms with van der Waals surface area (Å²) in [6, 6.07) is 7.81. The van der Waals surface area contributed by atoms with Crippen LogP contribution in [0.15, 0.2) is 35.2 Å². The number of anilines is 1. The maximum Gasteiger partial charge on any atom is 0.273 e. The molecule has 6 heteroatoms. The summed E-state index contributed by atoms with van der Waals surface area (Å²) in [6.07, 6.45) is 0. The first-order chi connectivity index (χ1) is 9.74. The number of nitrogens with zero attached hydrogens (tertiary/aromatic N) is 3. The molecule has 0 spiro atoms. The third-order valence-corrected chi connectivity index (χ3v) is 4.25. The van der Waals surface area contributed by atoms with Gasteiger partial charge in [0.1, 0.15) is 5.69 Å². The summed E-state index contributed by atoms with van der Waals surface area (Å²) in [5, 5.41) is 2.54. The van der Waals surface area contributed by atoms with Gasteiger partial charge in [-0.2, -0.15) is 0 Å². The Bertz CT molecular complexity index is 577. The average molecular weight is 308 g/mol. The molecule has 0 N–H and O–H groups in total. The van der Waals surface area contributed by atoms with Crippen molar-refractivity contribution in [2.45, 2.75) is 0 Å². The lowest BCUT2D eigenvalue weighted by atomic mass is 10.2. The quantitative estimate of drug-likeness (QED) is 0.856. The van der Waals surface area contributed by atoms with Gasteiger partial charge in [-0.15, -0.1) is 11.3 Å². The van der Waals surface area contributed by atoms with Gasteiger partial charge in [0.05, 0.1) is 5.51 Å². The number of thiazole rings is 1. The predicted molar refractivity (Wildman–Crippen MR) is 81.7 cm³/mol. The number of halogens is 1. The maximum atomic E-state index is 12.2. The van der Waals surface area contributed by atoms with Crippen LogP contribution < -0.4 is 4.90 Å². The van der Waals surface area contributed by atoms with E-state index in [9.17, 15) is 4.79 Å². The molecule has 0 saturated carbocycles. The number of rotatable bonds is 2. The number of aromatic nitrogens is 1. The number of amides is 1. The van der Waals surface area contributed by atoms with E-state index in [1.165, 1.54) is 11.3 Å². The number of piperazine rings is 1. The molecule has 1 aromatic heterocycles. The van der Waals surface area contributed by atoms with Gasteiger partial charge in [-0.3, -0.25) is 4.79 Å². The molecule has 1 aromatic carbocycles. The van der Waals surface area contributed by atoms with Crippen molar-refractivity contribution in [3.05, 3.63) is 45.9 Å². The van der Waals surface area contributed by atoms with E-state index in [1.54, 1.807) is 10.9 Å². The zero-order valence-electron chi connectivity index (χ0n) is 10.8. The highest BCUT2D eigenvalue weighted by atomic mass is 35.5. The van der Waals surface area contributed by atoms with Gasteiger partial charge in [0.15, 0.2) is 0 Å². The van der Waals surface area contributed by atoms with Crippen LogP contribution in [0.3, 0.4) is 0 Å². The Morgan fingerprint density at radius 3 is 2.45 bits per heavy atom. The lowest BCUT2D eigenvalue weighted by Gasteiger charge is -2.35. The Hall–Kier alpha value is -1.59. The molecular weight excluding hydrogens is 294 g/mol. The maximum absolute atomic E-state index is 12.2. The van der Waals surface area contributed by atoms with Crippen LogP contribution in [0.1, 0.15) is 10.5 Å². The van der Waals surface area contributed by atoms with Gasteiger partial charge in [-0.1, -0.05) is 11.6 Å². The van der Waals surface area contributed by atoms with Gasteiger partial charge < -0.3 is 9.80 Å². The second kappa shape index (κ2) is 5.81. The fourth-order valence-corrected chi connectivity index (χ4v) is 2.95. The standard InChI is InChI=1S/C14H14ClN3OS/c15-11-1-3-12(4-2-11)17-5-7-18(8-6-17)14(19)13-9-20-10-16-13/h1-4,9-10H,5-8H2. The molecule has 1 aliphatic heterocycles. The summed E-state index contributed by atoms with van der Waals surface area (Å²) in [5.41, 5.74) is 3.39. The highest BCUT2D eigenvalue weighted by Crippen LogP contribution is 2.20. The SMILES string of the molecule is O=C(c1cscn1)N1CCN(c2ccc(Cl)cc2)CC1. The van der Waals surface area contributed by atoms with E-state index in [-0.39, 0.29) is 5.91 Å². The topological polar surface area (TPSA) is 36.4 Å². The second-order valence-corrected chi connectivity index (χ2v) is 5.78. The lowest BCUT2D eigenvalue weighted by molar-refractivity contribution is 0.0741. The minimum absolute atomic E-state index is 0.0296. The van der Waals surface area contributed by atoms with Crippen LogP contribution in [0.2, 0.25) is 5.02 Å². The van der Waals surface area contributed by atoms with E-state index in [0.717, 1.165) is 36.9 Å². The normalized spacial score (nSPS) is 15.4. The number of carbonyl (C=O) groups excluding carboxylic acids is 1. The molecule has 104 valence electrons. The number of hydrogen-bond acceptors (Lipinski definition) is 4. The van der Waals surface area contributed by atoms with Crippen LogP contribution >= 0.6 is 22.9 Å². The van der Waals surface area contributed by atoms with Gasteiger partial charge in [-0.05, 0) is 24.3 Å². The van der Waals surface area contributed by atoms with Crippen molar-refractivity contribution in [1.82, 2.24) is 9.88 Å². The second-order valence-electron chi connectivity index (χ2n) is 4.63. The van der Waals surface area contributed by atoms with E-state index >= 15 is 0 Å². The van der Waals surface area contributed by atoms with Gasteiger partial charge in [0.25, 0.3) is 5.91 Å². The summed E-state index contributed by atoms with van der Waals surface area (Å²) >= 11 is 7.34. The largest absolute Gasteiger partial charge is 0.368 e. The van der Waals surface area contributed by atoms with Crippen LogP contribution in [0, 0.1) is 0 Å². The summed E-state index contributed by atoms with van der Waals surface area (Å²) < 4.78 is 0. The van der Waals surface area contributed by atoms with Gasteiger partial charge in [0.2, 0.25) is 0 Å². The first-order valence-electron chi connectivity index (χ1n) is 6.42. The van der Waals surface area contributed by atoms with Crippen molar-refractivity contribution in [3.63, 3.8) is 0 Å². The van der Waals surface area contributed by atoms with Crippen LogP contribution in [-0.2, 0) is 0 Å². The molecule has 1 fully saturated rings. The fraction of sp³-hybridized carbons (Fsp3) is 0.286. The molecule has 1 aliphatic rings. The first-order valence-corrected chi connectivity index (χ1v) is 7.74. The van der Waals surface area contributed by atoms with E-state index in [0.29, 0.717) is 5.69 Å². The minimum Gasteiger partial charge on any atom is -0.368 e. The van der Waals surface area contributed by atoms with Crippen LogP contribution in [-0.4, -0.2) is 42.0 Å². The zero-order chi connectivity index (χ0) is 13.9. The van der Waals surface area contributed by atoms with E-state index in [1.807, 2.05) is 29.2 Å². The molecule has 0 radical (unpaired) electrons. The van der Waals surface area contributed by atoms with Crippen LogP contribution in [0.4, 0.5) is 5.69 Å². The third-order valence-electron chi connectivity index (χ3n) is 3.41. The number of benzene rings is 1. The Kier molecular flexibility index (Phi) is 3.89. The molecule has 0 unspecified atom stereocenters. The van der Waals surface area contributed by atoms with Crippen molar-refractivity contribution < 1.29 is 4.79 Å². The molecular formula is C14H14ClN3OS. The third kappa shape index (κ3) is 2.78. The minimum atomic E-state index is 0.0296. The Labute approximate surface area is 126 Å². The summed E-state index contributed by atoms with van der Waals surface area (Å²) in [6.45, 7) is 3.10. The Morgan fingerprint density at radius 2 is 1.85 bits per heavy atom. The first kappa shape index (κ1) is 13.4.